The maximum absolute atomic E-state index is 12.0. The van der Waals surface area contributed by atoms with Gasteiger partial charge in [0.2, 0.25) is 0 Å². The summed E-state index contributed by atoms with van der Waals surface area (Å²) in [4.78, 5) is 25.9. The largest absolute Gasteiger partial charge is 0.357 e. The van der Waals surface area contributed by atoms with Gasteiger partial charge < -0.3 is 4.74 Å². The molecule has 0 amide bonds. The van der Waals surface area contributed by atoms with Gasteiger partial charge in [0.15, 0.2) is 0 Å². The first kappa shape index (κ1) is 22.9. The molecule has 0 unspecified atom stereocenters. The number of benzene rings is 3. The Balaban J connectivity index is 1.66. The molecule has 4 aromatic rings. The number of hydrogen-bond acceptors (Lipinski definition) is 3. The van der Waals surface area contributed by atoms with Gasteiger partial charge in [0.05, 0.1) is 10.2 Å². The summed E-state index contributed by atoms with van der Waals surface area (Å²) in [5.74, 6) is 0. The predicted octanol–water partition coefficient (Wildman–Crippen LogP) is 4.71. The second-order valence-corrected chi connectivity index (χ2v) is 8.61. The fraction of sp³-hybridized carbons (Fsp3) is 0.111. The van der Waals surface area contributed by atoms with Crippen LogP contribution >= 0.6 is 22.6 Å². The SMILES string of the molecule is O=c1[nH]c(=O)n(C/C=C\COC(c2ccccc2)(c2ccccc2)c2ccccc2)cc1I. The number of allylic oxidation sites excluding steroid dienone is 1. The molecule has 0 spiro atoms. The van der Waals surface area contributed by atoms with Crippen LogP contribution in [0.1, 0.15) is 16.7 Å². The maximum atomic E-state index is 12.0. The van der Waals surface area contributed by atoms with Crippen LogP contribution in [0.5, 0.6) is 0 Å². The molecule has 0 radical (unpaired) electrons. The lowest BCUT2D eigenvalue weighted by molar-refractivity contribution is 0.0318. The van der Waals surface area contributed by atoms with Gasteiger partial charge in [0.1, 0.15) is 5.60 Å². The van der Waals surface area contributed by atoms with E-state index in [0.29, 0.717) is 16.7 Å². The molecule has 0 bridgehead atoms. The van der Waals surface area contributed by atoms with E-state index in [4.69, 9.17) is 4.74 Å². The zero-order valence-electron chi connectivity index (χ0n) is 17.9. The molecule has 0 aliphatic rings. The van der Waals surface area contributed by atoms with Gasteiger partial charge in [-0.05, 0) is 39.3 Å². The summed E-state index contributed by atoms with van der Waals surface area (Å²) >= 11 is 1.91. The lowest BCUT2D eigenvalue weighted by Crippen LogP contribution is -2.33. The zero-order chi connectivity index (χ0) is 23.1. The number of nitrogens with zero attached hydrogens (tertiary/aromatic N) is 1. The molecule has 33 heavy (non-hydrogen) atoms. The molecule has 166 valence electrons. The number of hydrogen-bond donors (Lipinski definition) is 1. The fourth-order valence-corrected chi connectivity index (χ4v) is 4.29. The van der Waals surface area contributed by atoms with Crippen LogP contribution in [0.15, 0.2) is 119 Å². The van der Waals surface area contributed by atoms with Crippen molar-refractivity contribution in [2.75, 3.05) is 6.61 Å². The van der Waals surface area contributed by atoms with Gasteiger partial charge in [-0.15, -0.1) is 0 Å². The molecular weight excluding hydrogens is 527 g/mol. The second-order valence-electron chi connectivity index (χ2n) is 7.45. The molecule has 1 heterocycles. The fourth-order valence-electron chi connectivity index (χ4n) is 3.82. The van der Waals surface area contributed by atoms with Gasteiger partial charge in [0, 0.05) is 12.7 Å². The molecule has 1 N–H and O–H groups in total. The van der Waals surface area contributed by atoms with Crippen molar-refractivity contribution in [3.63, 3.8) is 0 Å². The molecule has 3 aromatic carbocycles. The Bertz CT molecular complexity index is 1230. The highest BCUT2D eigenvalue weighted by atomic mass is 127. The maximum Gasteiger partial charge on any atom is 0.328 e. The molecule has 4 rings (SSSR count). The first-order valence-corrected chi connectivity index (χ1v) is 11.6. The summed E-state index contributed by atoms with van der Waals surface area (Å²) in [5.41, 5.74) is 1.49. The minimum absolute atomic E-state index is 0.327. The van der Waals surface area contributed by atoms with Gasteiger partial charge in [-0.25, -0.2) is 4.79 Å². The highest BCUT2D eigenvalue weighted by molar-refractivity contribution is 14.1. The van der Waals surface area contributed by atoms with Crippen LogP contribution in [0.25, 0.3) is 0 Å². The van der Waals surface area contributed by atoms with Crippen LogP contribution in [0, 0.1) is 3.57 Å². The van der Waals surface area contributed by atoms with Crippen molar-refractivity contribution in [3.05, 3.63) is 150 Å². The standard InChI is InChI=1S/C27H23IN2O3/c28-24-20-30(26(32)29-25(24)31)18-10-11-19-33-27(21-12-4-1-5-13-21,22-14-6-2-7-15-22)23-16-8-3-9-17-23/h1-17,20H,18-19H2,(H,29,31,32)/b11-10-. The number of H-pyrrole nitrogens is 1. The molecule has 6 heteroatoms. The van der Waals surface area contributed by atoms with E-state index in [1.54, 1.807) is 6.20 Å². The molecule has 5 nitrogen and oxygen atoms in total. The minimum Gasteiger partial charge on any atom is -0.357 e. The van der Waals surface area contributed by atoms with Gasteiger partial charge in [-0.1, -0.05) is 103 Å². The Morgan fingerprint density at radius 3 is 1.76 bits per heavy atom. The smallest absolute Gasteiger partial charge is 0.328 e. The molecule has 0 saturated heterocycles. The Hall–Kier alpha value is -3.23. The monoisotopic (exact) mass is 550 g/mol. The van der Waals surface area contributed by atoms with Crippen LogP contribution in [-0.4, -0.2) is 16.2 Å². The van der Waals surface area contributed by atoms with Crippen LogP contribution in [0.3, 0.4) is 0 Å². The molecular formula is C27H23IN2O3. The third-order valence-corrected chi connectivity index (χ3v) is 6.14. The van der Waals surface area contributed by atoms with Crippen molar-refractivity contribution < 1.29 is 4.74 Å². The molecule has 1 aromatic heterocycles. The number of nitrogens with one attached hydrogen (secondary N) is 1. The first-order chi connectivity index (χ1) is 16.1. The summed E-state index contributed by atoms with van der Waals surface area (Å²) < 4.78 is 8.59. The number of aromatic nitrogens is 2. The number of rotatable bonds is 8. The average molecular weight is 550 g/mol. The number of ether oxygens (including phenoxy) is 1. The normalized spacial score (nSPS) is 11.7. The average Bonchev–Trinajstić information content (AvgIpc) is 2.86. The van der Waals surface area contributed by atoms with Crippen LogP contribution in [0.4, 0.5) is 0 Å². The topological polar surface area (TPSA) is 64.1 Å². The third-order valence-electron chi connectivity index (χ3n) is 5.37. The van der Waals surface area contributed by atoms with Gasteiger partial charge in [-0.2, -0.15) is 0 Å². The van der Waals surface area contributed by atoms with E-state index >= 15 is 0 Å². The summed E-state index contributed by atoms with van der Waals surface area (Å²) in [6.07, 6.45) is 5.31. The van der Waals surface area contributed by atoms with Crippen molar-refractivity contribution in [1.29, 1.82) is 0 Å². The van der Waals surface area contributed by atoms with Gasteiger partial charge in [-0.3, -0.25) is 14.3 Å². The first-order valence-electron chi connectivity index (χ1n) is 10.6. The highest BCUT2D eigenvalue weighted by Crippen LogP contribution is 2.40. The molecule has 0 saturated carbocycles. The summed E-state index contributed by atoms with van der Waals surface area (Å²) in [7, 11) is 0. The summed E-state index contributed by atoms with van der Waals surface area (Å²) in [5, 5.41) is 0. The summed E-state index contributed by atoms with van der Waals surface area (Å²) in [6.45, 7) is 0.665. The molecule has 0 aliphatic heterocycles. The lowest BCUT2D eigenvalue weighted by atomic mass is 9.80. The van der Waals surface area contributed by atoms with Crippen molar-refractivity contribution in [2.45, 2.75) is 12.1 Å². The quantitative estimate of drug-likeness (QED) is 0.197. The third kappa shape index (κ3) is 5.07. The Morgan fingerprint density at radius 1 is 0.788 bits per heavy atom. The summed E-state index contributed by atoms with van der Waals surface area (Å²) in [6, 6.07) is 30.5. The number of aromatic amines is 1. The van der Waals surface area contributed by atoms with Crippen molar-refractivity contribution in [1.82, 2.24) is 9.55 Å². The van der Waals surface area contributed by atoms with E-state index in [2.05, 4.69) is 41.4 Å². The van der Waals surface area contributed by atoms with Crippen LogP contribution < -0.4 is 11.2 Å². The van der Waals surface area contributed by atoms with Crippen molar-refractivity contribution in [3.8, 4) is 0 Å². The Morgan fingerprint density at radius 2 is 1.27 bits per heavy atom. The predicted molar refractivity (Wildman–Crippen MR) is 138 cm³/mol. The second kappa shape index (κ2) is 10.6. The van der Waals surface area contributed by atoms with E-state index in [1.807, 2.05) is 89.3 Å². The Labute approximate surface area is 205 Å². The Kier molecular flexibility index (Phi) is 7.36. The van der Waals surface area contributed by atoms with Gasteiger partial charge >= 0.3 is 5.69 Å². The lowest BCUT2D eigenvalue weighted by Gasteiger charge is -2.35. The highest BCUT2D eigenvalue weighted by Gasteiger charge is 2.37. The molecule has 0 fully saturated rings. The van der Waals surface area contributed by atoms with E-state index in [-0.39, 0.29) is 5.56 Å². The van der Waals surface area contributed by atoms with E-state index < -0.39 is 11.3 Å². The van der Waals surface area contributed by atoms with Crippen LogP contribution in [0.2, 0.25) is 0 Å². The van der Waals surface area contributed by atoms with Crippen molar-refractivity contribution >= 4 is 22.6 Å². The van der Waals surface area contributed by atoms with Gasteiger partial charge in [0.25, 0.3) is 5.56 Å². The van der Waals surface area contributed by atoms with Crippen LogP contribution in [-0.2, 0) is 16.9 Å². The molecule has 0 atom stereocenters. The zero-order valence-corrected chi connectivity index (χ0v) is 20.0. The van der Waals surface area contributed by atoms with E-state index in [0.717, 1.165) is 16.7 Å². The van der Waals surface area contributed by atoms with E-state index in [9.17, 15) is 9.59 Å². The van der Waals surface area contributed by atoms with E-state index in [1.165, 1.54) is 4.57 Å². The number of halogens is 1. The minimum atomic E-state index is -0.793. The molecule has 0 aliphatic carbocycles. The van der Waals surface area contributed by atoms with Crippen molar-refractivity contribution in [2.24, 2.45) is 0 Å².